The zero-order valence-corrected chi connectivity index (χ0v) is 13.1. The number of hydrogen-bond acceptors (Lipinski definition) is 5. The van der Waals surface area contributed by atoms with Crippen LogP contribution < -0.4 is 10.6 Å². The van der Waals surface area contributed by atoms with Gasteiger partial charge in [0, 0.05) is 24.8 Å². The highest BCUT2D eigenvalue weighted by molar-refractivity contribution is 5.60. The molecule has 0 unspecified atom stereocenters. The molecule has 0 aromatic carbocycles. The molecule has 118 valence electrons. The van der Waals surface area contributed by atoms with Crippen molar-refractivity contribution in [2.24, 2.45) is 0 Å². The van der Waals surface area contributed by atoms with Crippen molar-refractivity contribution in [3.05, 3.63) is 43.0 Å². The molecular formula is C17H20N6. The Morgan fingerprint density at radius 1 is 1.22 bits per heavy atom. The summed E-state index contributed by atoms with van der Waals surface area (Å²) in [4.78, 5) is 13.5. The molecule has 4 heterocycles. The zero-order chi connectivity index (χ0) is 15.6. The number of nitrogens with one attached hydrogen (secondary N) is 2. The molecule has 6 nitrogen and oxygen atoms in total. The van der Waals surface area contributed by atoms with Crippen molar-refractivity contribution in [2.45, 2.75) is 31.8 Å². The van der Waals surface area contributed by atoms with Gasteiger partial charge >= 0.3 is 0 Å². The molecule has 2 N–H and O–H groups in total. The van der Waals surface area contributed by atoms with Crippen LogP contribution >= 0.6 is 0 Å². The number of pyridine rings is 1. The molecule has 0 amide bonds. The van der Waals surface area contributed by atoms with E-state index < -0.39 is 0 Å². The topological polar surface area (TPSA) is 67.1 Å². The average Bonchev–Trinajstić information content (AvgIpc) is 3.01. The van der Waals surface area contributed by atoms with Crippen molar-refractivity contribution in [2.75, 3.05) is 11.9 Å². The summed E-state index contributed by atoms with van der Waals surface area (Å²) in [5, 5.41) is 6.98. The summed E-state index contributed by atoms with van der Waals surface area (Å²) in [6.45, 7) is 3.18. The van der Waals surface area contributed by atoms with Gasteiger partial charge in [-0.1, -0.05) is 6.07 Å². The number of hydrogen-bond donors (Lipinski definition) is 2. The fourth-order valence-corrected chi connectivity index (χ4v) is 3.01. The van der Waals surface area contributed by atoms with E-state index in [1.54, 1.807) is 12.4 Å². The van der Waals surface area contributed by atoms with Gasteiger partial charge in [-0.2, -0.15) is 0 Å². The Balaban J connectivity index is 1.59. The fraction of sp³-hybridized carbons (Fsp3) is 0.353. The van der Waals surface area contributed by atoms with E-state index in [9.17, 15) is 0 Å². The summed E-state index contributed by atoms with van der Waals surface area (Å²) in [5.74, 6) is 0.815. The molecule has 1 fully saturated rings. The van der Waals surface area contributed by atoms with E-state index in [1.807, 2.05) is 35.0 Å². The number of piperidine rings is 1. The van der Waals surface area contributed by atoms with Crippen LogP contribution in [0, 0.1) is 0 Å². The summed E-state index contributed by atoms with van der Waals surface area (Å²) in [6.07, 6.45) is 9.72. The van der Waals surface area contributed by atoms with Crippen LogP contribution in [0.4, 0.5) is 5.82 Å². The monoisotopic (exact) mass is 308 g/mol. The molecule has 2 atom stereocenters. The number of aromatic nitrogens is 4. The van der Waals surface area contributed by atoms with E-state index in [1.165, 1.54) is 6.42 Å². The van der Waals surface area contributed by atoms with Gasteiger partial charge in [0.05, 0.1) is 24.3 Å². The van der Waals surface area contributed by atoms with Crippen LogP contribution in [0.3, 0.4) is 0 Å². The summed E-state index contributed by atoms with van der Waals surface area (Å²) in [5.41, 5.74) is 2.69. The summed E-state index contributed by atoms with van der Waals surface area (Å²) in [7, 11) is 0. The predicted octanol–water partition coefficient (Wildman–Crippen LogP) is 2.34. The van der Waals surface area contributed by atoms with Crippen molar-refractivity contribution in [3.8, 4) is 11.4 Å². The molecule has 0 aliphatic carbocycles. The number of nitrogens with zero attached hydrogens (tertiary/aromatic N) is 4. The standard InChI is InChI=1S/C17H20N6/c1-12-5-6-13(8-19-12)21-16-11-18-9-14(22-16)15-10-20-17-4-2-3-7-23(15)17/h2-4,7,9-13,19H,5-6,8H2,1H3,(H,21,22)/t12-,13+/m0/s1. The highest BCUT2D eigenvalue weighted by atomic mass is 15.1. The minimum Gasteiger partial charge on any atom is -0.365 e. The first kappa shape index (κ1) is 14.1. The molecule has 0 saturated carbocycles. The SMILES string of the molecule is C[C@H]1CC[C@@H](Nc2cncc(-c3cnc4ccccn34)n2)CN1. The number of imidazole rings is 1. The second-order valence-corrected chi connectivity index (χ2v) is 6.09. The summed E-state index contributed by atoms with van der Waals surface area (Å²) in [6, 6.07) is 6.95. The Morgan fingerprint density at radius 2 is 2.17 bits per heavy atom. The Bertz CT molecular complexity index is 803. The minimum atomic E-state index is 0.401. The molecule has 1 aliphatic rings. The van der Waals surface area contributed by atoms with Gasteiger partial charge in [0.2, 0.25) is 0 Å². The Labute approximate surface area is 135 Å². The Morgan fingerprint density at radius 3 is 3.04 bits per heavy atom. The number of anilines is 1. The van der Waals surface area contributed by atoms with Gasteiger partial charge in [-0.05, 0) is 31.9 Å². The highest BCUT2D eigenvalue weighted by Gasteiger charge is 2.18. The number of fused-ring (bicyclic) bond motifs is 1. The van der Waals surface area contributed by atoms with Gasteiger partial charge in [0.15, 0.2) is 0 Å². The predicted molar refractivity (Wildman–Crippen MR) is 90.3 cm³/mol. The quantitative estimate of drug-likeness (QED) is 0.777. The maximum absolute atomic E-state index is 4.72. The Hall–Kier alpha value is -2.47. The smallest absolute Gasteiger partial charge is 0.145 e. The molecule has 0 spiro atoms. The van der Waals surface area contributed by atoms with E-state index in [-0.39, 0.29) is 0 Å². The van der Waals surface area contributed by atoms with Crippen LogP contribution in [0.2, 0.25) is 0 Å². The molecule has 0 radical (unpaired) electrons. The van der Waals surface area contributed by atoms with Crippen LogP contribution in [0.5, 0.6) is 0 Å². The first-order valence-electron chi connectivity index (χ1n) is 8.04. The third-order valence-corrected chi connectivity index (χ3v) is 4.33. The van der Waals surface area contributed by atoms with E-state index in [0.29, 0.717) is 12.1 Å². The second-order valence-electron chi connectivity index (χ2n) is 6.09. The maximum atomic E-state index is 4.72. The third kappa shape index (κ3) is 2.90. The Kier molecular flexibility index (Phi) is 3.67. The minimum absolute atomic E-state index is 0.401. The lowest BCUT2D eigenvalue weighted by Gasteiger charge is -2.28. The van der Waals surface area contributed by atoms with Gasteiger partial charge in [-0.15, -0.1) is 0 Å². The van der Waals surface area contributed by atoms with Gasteiger partial charge in [-0.3, -0.25) is 9.38 Å². The molecule has 3 aromatic heterocycles. The van der Waals surface area contributed by atoms with Crippen LogP contribution in [0.1, 0.15) is 19.8 Å². The molecule has 1 saturated heterocycles. The van der Waals surface area contributed by atoms with Crippen LogP contribution in [0.15, 0.2) is 43.0 Å². The fourth-order valence-electron chi connectivity index (χ4n) is 3.01. The molecule has 23 heavy (non-hydrogen) atoms. The van der Waals surface area contributed by atoms with Crippen molar-refractivity contribution >= 4 is 11.5 Å². The zero-order valence-electron chi connectivity index (χ0n) is 13.1. The van der Waals surface area contributed by atoms with Crippen LogP contribution in [0.25, 0.3) is 17.0 Å². The van der Waals surface area contributed by atoms with Gasteiger partial charge in [0.1, 0.15) is 17.2 Å². The van der Waals surface area contributed by atoms with Crippen LogP contribution in [-0.2, 0) is 0 Å². The van der Waals surface area contributed by atoms with Crippen molar-refractivity contribution in [3.63, 3.8) is 0 Å². The van der Waals surface area contributed by atoms with Crippen molar-refractivity contribution < 1.29 is 0 Å². The average molecular weight is 308 g/mol. The lowest BCUT2D eigenvalue weighted by Crippen LogP contribution is -2.43. The van der Waals surface area contributed by atoms with Crippen LogP contribution in [-0.4, -0.2) is 38.0 Å². The molecule has 4 rings (SSSR count). The molecule has 0 bridgehead atoms. The molecule has 6 heteroatoms. The van der Waals surface area contributed by atoms with Crippen molar-refractivity contribution in [1.82, 2.24) is 24.7 Å². The van der Waals surface area contributed by atoms with E-state index >= 15 is 0 Å². The normalized spacial score (nSPS) is 21.4. The summed E-state index contributed by atoms with van der Waals surface area (Å²) < 4.78 is 2.03. The maximum Gasteiger partial charge on any atom is 0.145 e. The lowest BCUT2D eigenvalue weighted by atomic mass is 10.0. The van der Waals surface area contributed by atoms with Gasteiger partial charge < -0.3 is 10.6 Å². The lowest BCUT2D eigenvalue weighted by molar-refractivity contribution is 0.398. The first-order valence-corrected chi connectivity index (χ1v) is 8.04. The van der Waals surface area contributed by atoms with E-state index in [2.05, 4.69) is 27.5 Å². The van der Waals surface area contributed by atoms with E-state index in [0.717, 1.165) is 35.8 Å². The highest BCUT2D eigenvalue weighted by Crippen LogP contribution is 2.20. The van der Waals surface area contributed by atoms with Crippen molar-refractivity contribution in [1.29, 1.82) is 0 Å². The summed E-state index contributed by atoms with van der Waals surface area (Å²) >= 11 is 0. The second kappa shape index (κ2) is 5.96. The molecule has 3 aromatic rings. The number of rotatable bonds is 3. The van der Waals surface area contributed by atoms with Gasteiger partial charge in [0.25, 0.3) is 0 Å². The first-order chi connectivity index (χ1) is 11.3. The third-order valence-electron chi connectivity index (χ3n) is 4.33. The molecule has 1 aliphatic heterocycles. The van der Waals surface area contributed by atoms with Gasteiger partial charge in [-0.25, -0.2) is 9.97 Å². The molecular weight excluding hydrogens is 288 g/mol. The van der Waals surface area contributed by atoms with E-state index in [4.69, 9.17) is 4.98 Å². The largest absolute Gasteiger partial charge is 0.365 e.